The number of nitrogens with zero attached hydrogens (tertiary/aromatic N) is 3. The van der Waals surface area contributed by atoms with Crippen LogP contribution in [0.3, 0.4) is 0 Å². The number of amides is 1. The number of hydrogen-bond donors (Lipinski definition) is 1. The average molecular weight is 391 g/mol. The third-order valence-corrected chi connectivity index (χ3v) is 5.41. The van der Waals surface area contributed by atoms with Gasteiger partial charge in [-0.15, -0.1) is 10.2 Å². The van der Waals surface area contributed by atoms with Gasteiger partial charge in [0.2, 0.25) is 5.13 Å². The number of anilines is 1. The Bertz CT molecular complexity index is 1070. The molecule has 1 saturated heterocycles. The van der Waals surface area contributed by atoms with E-state index in [0.29, 0.717) is 16.3 Å². The molecule has 2 aromatic carbocycles. The van der Waals surface area contributed by atoms with Crippen LogP contribution < -0.4 is 4.90 Å². The molecule has 1 fully saturated rings. The van der Waals surface area contributed by atoms with Gasteiger partial charge in [-0.3, -0.25) is 14.5 Å². The predicted octanol–water partition coefficient (Wildman–Crippen LogP) is 3.78. The zero-order valence-electron chi connectivity index (χ0n) is 15.3. The first kappa shape index (κ1) is 18.1. The Labute approximate surface area is 165 Å². The molecular formula is C21H17N3O3S. The molecule has 0 bridgehead atoms. The molecule has 4 rings (SSSR count). The van der Waals surface area contributed by atoms with E-state index in [9.17, 15) is 14.7 Å². The zero-order chi connectivity index (χ0) is 19.8. The minimum absolute atomic E-state index is 0.0490. The Hall–Kier alpha value is -3.32. The number of Topliss-reactive ketones (excluding diaryl/α,β-unsaturated/α-hetero) is 1. The van der Waals surface area contributed by atoms with Gasteiger partial charge >= 0.3 is 5.91 Å². The van der Waals surface area contributed by atoms with Crippen molar-refractivity contribution in [3.8, 4) is 0 Å². The summed E-state index contributed by atoms with van der Waals surface area (Å²) in [5.41, 5.74) is 4.83. The van der Waals surface area contributed by atoms with E-state index in [0.717, 1.165) is 11.1 Å². The molecule has 1 N–H and O–H groups in total. The van der Waals surface area contributed by atoms with Crippen LogP contribution in [0, 0.1) is 13.8 Å². The Morgan fingerprint density at radius 1 is 1.00 bits per heavy atom. The summed E-state index contributed by atoms with van der Waals surface area (Å²) in [6.45, 7) is 3.89. The van der Waals surface area contributed by atoms with Crippen LogP contribution in [-0.2, 0) is 9.59 Å². The van der Waals surface area contributed by atoms with Crippen molar-refractivity contribution in [2.45, 2.75) is 19.9 Å². The maximum Gasteiger partial charge on any atom is 0.301 e. The maximum atomic E-state index is 12.9. The van der Waals surface area contributed by atoms with Gasteiger partial charge < -0.3 is 5.11 Å². The van der Waals surface area contributed by atoms with E-state index in [4.69, 9.17) is 0 Å². The normalized spacial score (nSPS) is 18.6. The lowest BCUT2D eigenvalue weighted by molar-refractivity contribution is -0.132. The number of aryl methyl sites for hydroxylation is 2. The van der Waals surface area contributed by atoms with E-state index in [2.05, 4.69) is 10.2 Å². The summed E-state index contributed by atoms with van der Waals surface area (Å²) in [6.07, 6.45) is 0. The molecule has 0 unspecified atom stereocenters. The van der Waals surface area contributed by atoms with Crippen LogP contribution in [-0.4, -0.2) is 27.0 Å². The molecule has 28 heavy (non-hydrogen) atoms. The van der Waals surface area contributed by atoms with Gasteiger partial charge in [0.1, 0.15) is 11.3 Å². The molecule has 3 aromatic rings. The fourth-order valence-electron chi connectivity index (χ4n) is 3.23. The minimum Gasteiger partial charge on any atom is -0.507 e. The van der Waals surface area contributed by atoms with E-state index < -0.39 is 17.7 Å². The smallest absolute Gasteiger partial charge is 0.301 e. The molecular weight excluding hydrogens is 374 g/mol. The Morgan fingerprint density at radius 3 is 2.18 bits per heavy atom. The van der Waals surface area contributed by atoms with Crippen molar-refractivity contribution in [1.29, 1.82) is 0 Å². The van der Waals surface area contributed by atoms with Gasteiger partial charge in [-0.2, -0.15) is 0 Å². The molecule has 140 valence electrons. The maximum absolute atomic E-state index is 12.9. The molecule has 1 aliphatic heterocycles. The summed E-state index contributed by atoms with van der Waals surface area (Å²) in [5.74, 6) is -1.66. The molecule has 1 amide bonds. The lowest BCUT2D eigenvalue weighted by atomic mass is 9.94. The van der Waals surface area contributed by atoms with Crippen LogP contribution in [0.25, 0.3) is 5.76 Å². The second-order valence-corrected chi connectivity index (χ2v) is 7.48. The second kappa shape index (κ2) is 7.01. The minimum atomic E-state index is -0.769. The Balaban J connectivity index is 1.93. The van der Waals surface area contributed by atoms with Gasteiger partial charge in [-0.05, 0) is 19.4 Å². The fourth-order valence-corrected chi connectivity index (χ4v) is 3.82. The van der Waals surface area contributed by atoms with E-state index >= 15 is 0 Å². The summed E-state index contributed by atoms with van der Waals surface area (Å²) in [7, 11) is 0. The zero-order valence-corrected chi connectivity index (χ0v) is 16.1. The SMILES string of the molecule is Cc1ccc(C(O)=C2C(=O)C(=O)N(c3nncs3)[C@H]2c2ccc(C)cc2)cc1. The van der Waals surface area contributed by atoms with E-state index in [1.165, 1.54) is 21.7 Å². The molecule has 1 aliphatic rings. The van der Waals surface area contributed by atoms with Crippen molar-refractivity contribution < 1.29 is 14.7 Å². The van der Waals surface area contributed by atoms with Gasteiger partial charge in [0.25, 0.3) is 5.78 Å². The highest BCUT2D eigenvalue weighted by atomic mass is 32.1. The van der Waals surface area contributed by atoms with Crippen LogP contribution in [0.15, 0.2) is 59.6 Å². The first-order valence-corrected chi connectivity index (χ1v) is 9.56. The molecule has 1 atom stereocenters. The molecule has 0 radical (unpaired) electrons. The van der Waals surface area contributed by atoms with Crippen LogP contribution in [0.4, 0.5) is 5.13 Å². The van der Waals surface area contributed by atoms with E-state index in [1.807, 2.05) is 50.2 Å². The van der Waals surface area contributed by atoms with Crippen LogP contribution in [0.1, 0.15) is 28.3 Å². The summed E-state index contributed by atoms with van der Waals surface area (Å²) in [4.78, 5) is 27.0. The van der Waals surface area contributed by atoms with E-state index in [-0.39, 0.29) is 11.3 Å². The monoisotopic (exact) mass is 391 g/mol. The lowest BCUT2D eigenvalue weighted by Crippen LogP contribution is -2.29. The number of benzene rings is 2. The molecule has 0 aliphatic carbocycles. The number of aliphatic hydroxyl groups is 1. The summed E-state index contributed by atoms with van der Waals surface area (Å²) >= 11 is 1.17. The summed E-state index contributed by atoms with van der Waals surface area (Å²) in [5, 5.41) is 19.0. The fraction of sp³-hybridized carbons (Fsp3) is 0.143. The molecule has 0 spiro atoms. The lowest BCUT2D eigenvalue weighted by Gasteiger charge is -2.22. The predicted molar refractivity (Wildman–Crippen MR) is 107 cm³/mol. The van der Waals surface area contributed by atoms with Crippen molar-refractivity contribution in [2.75, 3.05) is 4.90 Å². The Morgan fingerprint density at radius 2 is 1.61 bits per heavy atom. The standard InChI is InChI=1S/C21H17N3O3S/c1-12-3-7-14(8-4-12)17-16(18(25)15-9-5-13(2)6-10-15)19(26)20(27)24(17)21-23-22-11-28-21/h3-11,17,25H,1-2H3/t17-/m0/s1. The number of aromatic nitrogens is 2. The second-order valence-electron chi connectivity index (χ2n) is 6.67. The van der Waals surface area contributed by atoms with Gasteiger partial charge in [0.15, 0.2) is 0 Å². The third-order valence-electron chi connectivity index (χ3n) is 4.72. The highest BCUT2D eigenvalue weighted by molar-refractivity contribution is 7.13. The first-order chi connectivity index (χ1) is 13.5. The van der Waals surface area contributed by atoms with Crippen molar-refractivity contribution in [3.05, 3.63) is 81.9 Å². The molecule has 0 saturated carbocycles. The van der Waals surface area contributed by atoms with Gasteiger partial charge in [0.05, 0.1) is 11.6 Å². The molecule has 1 aromatic heterocycles. The third kappa shape index (κ3) is 2.99. The number of rotatable bonds is 3. The number of aliphatic hydroxyl groups excluding tert-OH is 1. The summed E-state index contributed by atoms with van der Waals surface area (Å²) < 4.78 is 0. The number of ketones is 1. The Kier molecular flexibility index (Phi) is 4.52. The summed E-state index contributed by atoms with van der Waals surface area (Å²) in [6, 6.07) is 13.9. The highest BCUT2D eigenvalue weighted by Gasteiger charge is 2.48. The van der Waals surface area contributed by atoms with Crippen molar-refractivity contribution in [2.24, 2.45) is 0 Å². The van der Waals surface area contributed by atoms with Crippen molar-refractivity contribution >= 4 is 33.9 Å². The van der Waals surface area contributed by atoms with Gasteiger partial charge in [-0.25, -0.2) is 0 Å². The quantitative estimate of drug-likeness (QED) is 0.417. The van der Waals surface area contributed by atoms with Crippen molar-refractivity contribution in [3.63, 3.8) is 0 Å². The highest BCUT2D eigenvalue weighted by Crippen LogP contribution is 2.42. The molecule has 7 heteroatoms. The largest absolute Gasteiger partial charge is 0.507 e. The molecule has 2 heterocycles. The van der Waals surface area contributed by atoms with Crippen LogP contribution >= 0.6 is 11.3 Å². The topological polar surface area (TPSA) is 83.4 Å². The van der Waals surface area contributed by atoms with Gasteiger partial charge in [-0.1, -0.05) is 71.0 Å². The van der Waals surface area contributed by atoms with Crippen LogP contribution in [0.5, 0.6) is 0 Å². The number of carbonyl (C=O) groups is 2. The van der Waals surface area contributed by atoms with E-state index in [1.54, 1.807) is 12.1 Å². The number of hydrogen-bond acceptors (Lipinski definition) is 6. The van der Waals surface area contributed by atoms with Crippen LogP contribution in [0.2, 0.25) is 0 Å². The number of carbonyl (C=O) groups excluding carboxylic acids is 2. The molecule has 6 nitrogen and oxygen atoms in total. The van der Waals surface area contributed by atoms with Crippen molar-refractivity contribution in [1.82, 2.24) is 10.2 Å². The average Bonchev–Trinajstić information content (AvgIpc) is 3.30. The van der Waals surface area contributed by atoms with Gasteiger partial charge in [0, 0.05) is 5.56 Å². The first-order valence-electron chi connectivity index (χ1n) is 8.68.